The van der Waals surface area contributed by atoms with Crippen molar-refractivity contribution >= 4 is 15.9 Å². The van der Waals surface area contributed by atoms with Crippen LogP contribution in [0.4, 0.5) is 0 Å². The second-order valence-electron chi connectivity index (χ2n) is 6.10. The van der Waals surface area contributed by atoms with Crippen LogP contribution in [0.3, 0.4) is 0 Å². The Hall–Kier alpha value is -1.42. The Labute approximate surface area is 141 Å². The van der Waals surface area contributed by atoms with Gasteiger partial charge < -0.3 is 18.8 Å². The highest BCUT2D eigenvalue weighted by Gasteiger charge is 2.41. The Morgan fingerprint density at radius 1 is 1.29 bits per heavy atom. The molecule has 2 aliphatic heterocycles. The summed E-state index contributed by atoms with van der Waals surface area (Å²) in [5.41, 5.74) is 0. The molecule has 1 amide bonds. The lowest BCUT2D eigenvalue weighted by Gasteiger charge is -2.38. The SMILES string of the molecule is CS(=O)(=O)N(CC(=O)N1CCC2(CC1)OCCO2)Cc1ccco1. The standard InChI is InChI=1S/C15H22N2O6S/c1-24(19,20)17(11-13-3-2-8-21-13)12-14(18)16-6-4-15(5-7-16)22-9-10-23-15/h2-3,8H,4-7,9-12H2,1H3. The maximum Gasteiger partial charge on any atom is 0.237 e. The first-order valence-electron chi connectivity index (χ1n) is 7.91. The minimum Gasteiger partial charge on any atom is -0.468 e. The zero-order chi connectivity index (χ0) is 17.2. The van der Waals surface area contributed by atoms with Gasteiger partial charge in [0.2, 0.25) is 15.9 Å². The molecule has 9 heteroatoms. The van der Waals surface area contributed by atoms with Crippen LogP contribution in [0.15, 0.2) is 22.8 Å². The van der Waals surface area contributed by atoms with Gasteiger partial charge in [-0.25, -0.2) is 8.42 Å². The number of sulfonamides is 1. The van der Waals surface area contributed by atoms with Crippen molar-refractivity contribution in [3.63, 3.8) is 0 Å². The maximum absolute atomic E-state index is 12.5. The van der Waals surface area contributed by atoms with Crippen molar-refractivity contribution in [3.8, 4) is 0 Å². The Balaban J connectivity index is 1.59. The van der Waals surface area contributed by atoms with Crippen molar-refractivity contribution in [1.29, 1.82) is 0 Å². The third-order valence-corrected chi connectivity index (χ3v) is 5.58. The molecule has 134 valence electrons. The molecule has 0 bridgehead atoms. The van der Waals surface area contributed by atoms with Gasteiger partial charge in [-0.05, 0) is 12.1 Å². The van der Waals surface area contributed by atoms with Gasteiger partial charge in [-0.15, -0.1) is 0 Å². The molecular formula is C15H22N2O6S. The highest BCUT2D eigenvalue weighted by Crippen LogP contribution is 2.31. The molecule has 0 atom stereocenters. The van der Waals surface area contributed by atoms with Gasteiger partial charge in [0, 0.05) is 25.9 Å². The van der Waals surface area contributed by atoms with E-state index in [2.05, 4.69) is 0 Å². The van der Waals surface area contributed by atoms with E-state index in [-0.39, 0.29) is 19.0 Å². The molecule has 0 aromatic carbocycles. The summed E-state index contributed by atoms with van der Waals surface area (Å²) in [5.74, 6) is -0.278. The zero-order valence-electron chi connectivity index (χ0n) is 13.6. The van der Waals surface area contributed by atoms with Crippen LogP contribution in [0, 0.1) is 0 Å². The number of hydrogen-bond acceptors (Lipinski definition) is 6. The second-order valence-corrected chi connectivity index (χ2v) is 8.08. The predicted octanol–water partition coefficient (Wildman–Crippen LogP) is 0.407. The van der Waals surface area contributed by atoms with Crippen molar-refractivity contribution in [2.24, 2.45) is 0 Å². The average molecular weight is 358 g/mol. The van der Waals surface area contributed by atoms with Crippen LogP contribution < -0.4 is 0 Å². The van der Waals surface area contributed by atoms with E-state index in [1.165, 1.54) is 6.26 Å². The number of carbonyl (C=O) groups excluding carboxylic acids is 1. The number of amides is 1. The summed E-state index contributed by atoms with van der Waals surface area (Å²) in [4.78, 5) is 14.2. The van der Waals surface area contributed by atoms with E-state index < -0.39 is 15.8 Å². The van der Waals surface area contributed by atoms with E-state index in [4.69, 9.17) is 13.9 Å². The summed E-state index contributed by atoms with van der Waals surface area (Å²) >= 11 is 0. The van der Waals surface area contributed by atoms with Crippen molar-refractivity contribution in [3.05, 3.63) is 24.2 Å². The van der Waals surface area contributed by atoms with Crippen LogP contribution in [-0.2, 0) is 30.8 Å². The molecule has 2 saturated heterocycles. The fraction of sp³-hybridized carbons (Fsp3) is 0.667. The van der Waals surface area contributed by atoms with Crippen molar-refractivity contribution in [2.45, 2.75) is 25.2 Å². The number of piperidine rings is 1. The summed E-state index contributed by atoms with van der Waals surface area (Å²) in [6.45, 7) is 2.00. The fourth-order valence-electron chi connectivity index (χ4n) is 3.00. The summed E-state index contributed by atoms with van der Waals surface area (Å²) in [6, 6.07) is 3.37. The first kappa shape index (κ1) is 17.4. The maximum atomic E-state index is 12.5. The van der Waals surface area contributed by atoms with Crippen LogP contribution in [0.1, 0.15) is 18.6 Å². The first-order chi connectivity index (χ1) is 11.4. The van der Waals surface area contributed by atoms with Gasteiger partial charge in [0.15, 0.2) is 5.79 Å². The topological polar surface area (TPSA) is 89.3 Å². The van der Waals surface area contributed by atoms with E-state index >= 15 is 0 Å². The third kappa shape index (κ3) is 3.97. The van der Waals surface area contributed by atoms with Gasteiger partial charge in [0.05, 0.1) is 38.8 Å². The summed E-state index contributed by atoms with van der Waals surface area (Å²) in [6.07, 6.45) is 3.78. The summed E-state index contributed by atoms with van der Waals surface area (Å²) in [7, 11) is -3.52. The minimum absolute atomic E-state index is 0.0432. The van der Waals surface area contributed by atoms with E-state index in [9.17, 15) is 13.2 Å². The molecule has 3 heterocycles. The molecule has 0 radical (unpaired) electrons. The van der Waals surface area contributed by atoms with Crippen molar-refractivity contribution in [1.82, 2.24) is 9.21 Å². The number of rotatable bonds is 5. The smallest absolute Gasteiger partial charge is 0.237 e. The molecular weight excluding hydrogens is 336 g/mol. The molecule has 1 aromatic heterocycles. The minimum atomic E-state index is -3.52. The average Bonchev–Trinajstić information content (AvgIpc) is 3.19. The molecule has 2 fully saturated rings. The van der Waals surface area contributed by atoms with E-state index in [1.807, 2.05) is 0 Å². The molecule has 0 saturated carbocycles. The number of hydrogen-bond donors (Lipinski definition) is 0. The van der Waals surface area contributed by atoms with Gasteiger partial charge in [-0.3, -0.25) is 4.79 Å². The lowest BCUT2D eigenvalue weighted by atomic mass is 10.0. The number of carbonyl (C=O) groups is 1. The van der Waals surface area contributed by atoms with Crippen LogP contribution in [0.2, 0.25) is 0 Å². The van der Waals surface area contributed by atoms with Crippen LogP contribution >= 0.6 is 0 Å². The molecule has 0 aliphatic carbocycles. The monoisotopic (exact) mass is 358 g/mol. The Morgan fingerprint density at radius 3 is 2.50 bits per heavy atom. The normalized spacial score (nSPS) is 20.8. The van der Waals surface area contributed by atoms with Gasteiger partial charge in [0.25, 0.3) is 0 Å². The molecule has 8 nitrogen and oxygen atoms in total. The predicted molar refractivity (Wildman–Crippen MR) is 84.4 cm³/mol. The lowest BCUT2D eigenvalue weighted by Crippen LogP contribution is -2.50. The van der Waals surface area contributed by atoms with Gasteiger partial charge in [-0.2, -0.15) is 4.31 Å². The zero-order valence-corrected chi connectivity index (χ0v) is 14.5. The van der Waals surface area contributed by atoms with Crippen LogP contribution in [0.25, 0.3) is 0 Å². The molecule has 0 N–H and O–H groups in total. The number of likely N-dealkylation sites (tertiary alicyclic amines) is 1. The van der Waals surface area contributed by atoms with Gasteiger partial charge in [-0.1, -0.05) is 0 Å². The van der Waals surface area contributed by atoms with Crippen molar-refractivity contribution < 1.29 is 27.1 Å². The van der Waals surface area contributed by atoms with Gasteiger partial charge >= 0.3 is 0 Å². The third-order valence-electron chi connectivity index (χ3n) is 4.38. The second kappa shape index (κ2) is 6.83. The molecule has 2 aliphatic rings. The fourth-order valence-corrected chi connectivity index (χ4v) is 3.71. The van der Waals surface area contributed by atoms with Crippen LogP contribution in [-0.4, -0.2) is 68.4 Å². The molecule has 3 rings (SSSR count). The molecule has 24 heavy (non-hydrogen) atoms. The number of furan rings is 1. The molecule has 1 aromatic rings. The Bertz CT molecular complexity index is 656. The lowest BCUT2D eigenvalue weighted by molar-refractivity contribution is -0.187. The number of ether oxygens (including phenoxy) is 2. The summed E-state index contributed by atoms with van der Waals surface area (Å²) in [5, 5.41) is 0. The van der Waals surface area contributed by atoms with E-state index in [0.29, 0.717) is 44.9 Å². The van der Waals surface area contributed by atoms with Gasteiger partial charge in [0.1, 0.15) is 5.76 Å². The van der Waals surface area contributed by atoms with Crippen LogP contribution in [0.5, 0.6) is 0 Å². The number of nitrogens with zero attached hydrogens (tertiary/aromatic N) is 2. The first-order valence-corrected chi connectivity index (χ1v) is 9.76. The highest BCUT2D eigenvalue weighted by atomic mass is 32.2. The van der Waals surface area contributed by atoms with Crippen molar-refractivity contribution in [2.75, 3.05) is 39.1 Å². The van der Waals surface area contributed by atoms with E-state index in [1.54, 1.807) is 17.0 Å². The quantitative estimate of drug-likeness (QED) is 0.757. The molecule has 0 unspecified atom stereocenters. The Morgan fingerprint density at radius 2 is 1.96 bits per heavy atom. The van der Waals surface area contributed by atoms with E-state index in [0.717, 1.165) is 10.6 Å². The largest absolute Gasteiger partial charge is 0.468 e. The summed E-state index contributed by atoms with van der Waals surface area (Å²) < 4.78 is 41.5. The highest BCUT2D eigenvalue weighted by molar-refractivity contribution is 7.88. The Kier molecular flexibility index (Phi) is 4.95. The molecule has 1 spiro atoms.